The van der Waals surface area contributed by atoms with Crippen LogP contribution in [-0.2, 0) is 0 Å². The van der Waals surface area contributed by atoms with Crippen LogP contribution in [0.4, 0.5) is 5.69 Å². The molecule has 1 aromatic carbocycles. The van der Waals surface area contributed by atoms with Gasteiger partial charge in [0, 0.05) is 28.8 Å². The molecule has 0 saturated carbocycles. The van der Waals surface area contributed by atoms with E-state index in [4.69, 9.17) is 5.73 Å². The predicted molar refractivity (Wildman–Crippen MR) is 84.1 cm³/mol. The molecule has 0 fully saturated rings. The second-order valence-corrected chi connectivity index (χ2v) is 6.55. The molecule has 1 atom stereocenters. The highest BCUT2D eigenvalue weighted by Gasteiger charge is 2.17. The summed E-state index contributed by atoms with van der Waals surface area (Å²) in [6, 6.07) is 6.90. The van der Waals surface area contributed by atoms with Gasteiger partial charge in [-0.1, -0.05) is 35.8 Å². The summed E-state index contributed by atoms with van der Waals surface area (Å²) in [6.45, 7) is 12.1. The number of hydrogen-bond acceptors (Lipinski definition) is 2. The molecule has 0 saturated heterocycles. The Morgan fingerprint density at radius 2 is 1.78 bits per heavy atom. The first-order chi connectivity index (χ1) is 8.32. The third-order valence-corrected chi connectivity index (χ3v) is 3.47. The quantitative estimate of drug-likeness (QED) is 0.876. The second kappa shape index (κ2) is 6.58. The largest absolute Gasteiger partial charge is 0.369 e. The van der Waals surface area contributed by atoms with E-state index in [0.717, 1.165) is 11.0 Å². The van der Waals surface area contributed by atoms with Gasteiger partial charge in [0.25, 0.3) is 0 Å². The van der Waals surface area contributed by atoms with E-state index in [-0.39, 0.29) is 6.04 Å². The molecular formula is C15H25BrN2. The summed E-state index contributed by atoms with van der Waals surface area (Å²) in [5, 5.41) is 0. The first-order valence-corrected chi connectivity index (χ1v) is 7.44. The molecular weight excluding hydrogens is 288 g/mol. The number of anilines is 1. The molecule has 0 aliphatic rings. The number of benzene rings is 1. The molecule has 0 amide bonds. The van der Waals surface area contributed by atoms with Crippen molar-refractivity contribution in [3.05, 3.63) is 28.2 Å². The minimum atomic E-state index is 0.0570. The highest BCUT2D eigenvalue weighted by atomic mass is 79.9. The number of nitrogens with two attached hydrogens (primary N) is 1. The molecule has 0 aromatic heterocycles. The van der Waals surface area contributed by atoms with Crippen LogP contribution in [-0.4, -0.2) is 12.6 Å². The third-order valence-electron chi connectivity index (χ3n) is 2.98. The lowest BCUT2D eigenvalue weighted by Crippen LogP contribution is -2.35. The summed E-state index contributed by atoms with van der Waals surface area (Å²) in [6.07, 6.45) is 0. The fraction of sp³-hybridized carbons (Fsp3) is 0.600. The zero-order valence-electron chi connectivity index (χ0n) is 12.1. The van der Waals surface area contributed by atoms with Crippen molar-refractivity contribution in [3.8, 4) is 0 Å². The third kappa shape index (κ3) is 3.99. The summed E-state index contributed by atoms with van der Waals surface area (Å²) in [5.41, 5.74) is 8.56. The average molecular weight is 313 g/mol. The fourth-order valence-electron chi connectivity index (χ4n) is 2.13. The number of halogens is 1. The molecule has 2 N–H and O–H groups in total. The van der Waals surface area contributed by atoms with Crippen LogP contribution in [0.5, 0.6) is 0 Å². The van der Waals surface area contributed by atoms with Gasteiger partial charge in [-0.15, -0.1) is 0 Å². The molecule has 0 heterocycles. The maximum absolute atomic E-state index is 6.09. The highest BCUT2D eigenvalue weighted by molar-refractivity contribution is 9.10. The highest BCUT2D eigenvalue weighted by Crippen LogP contribution is 2.30. The summed E-state index contributed by atoms with van der Waals surface area (Å²) < 4.78 is 1.11. The van der Waals surface area contributed by atoms with Gasteiger partial charge in [-0.3, -0.25) is 0 Å². The van der Waals surface area contributed by atoms with Gasteiger partial charge in [-0.05, 0) is 44.4 Å². The Morgan fingerprint density at radius 3 is 2.22 bits per heavy atom. The first kappa shape index (κ1) is 15.5. The van der Waals surface area contributed by atoms with Crippen molar-refractivity contribution in [1.29, 1.82) is 0 Å². The topological polar surface area (TPSA) is 29.3 Å². The Morgan fingerprint density at radius 1 is 1.17 bits per heavy atom. The molecule has 1 rings (SSSR count). The van der Waals surface area contributed by atoms with Crippen LogP contribution in [0.25, 0.3) is 0 Å². The van der Waals surface area contributed by atoms with E-state index >= 15 is 0 Å². The maximum Gasteiger partial charge on any atom is 0.0428 e. The Kier molecular flexibility index (Phi) is 5.67. The van der Waals surface area contributed by atoms with E-state index in [1.165, 1.54) is 11.3 Å². The summed E-state index contributed by atoms with van der Waals surface area (Å²) in [5.74, 6) is 0.632. The Balaban J connectivity index is 3.20. The molecule has 3 heteroatoms. The lowest BCUT2D eigenvalue weighted by atomic mass is 10.0. The predicted octanol–water partition coefficient (Wildman–Crippen LogP) is 4.34. The monoisotopic (exact) mass is 312 g/mol. The van der Waals surface area contributed by atoms with E-state index in [9.17, 15) is 0 Å². The van der Waals surface area contributed by atoms with Crippen LogP contribution in [0, 0.1) is 5.92 Å². The van der Waals surface area contributed by atoms with E-state index in [0.29, 0.717) is 12.0 Å². The van der Waals surface area contributed by atoms with Crippen molar-refractivity contribution in [2.75, 3.05) is 11.4 Å². The van der Waals surface area contributed by atoms with Crippen molar-refractivity contribution >= 4 is 21.6 Å². The Bertz CT molecular complexity index is 386. The van der Waals surface area contributed by atoms with Gasteiger partial charge in [-0.2, -0.15) is 0 Å². The van der Waals surface area contributed by atoms with Crippen LogP contribution in [0.15, 0.2) is 22.7 Å². The van der Waals surface area contributed by atoms with Crippen LogP contribution >= 0.6 is 15.9 Å². The normalized spacial score (nSPS) is 13.2. The lowest BCUT2D eigenvalue weighted by Gasteiger charge is -2.33. The molecule has 0 radical (unpaired) electrons. The van der Waals surface area contributed by atoms with E-state index in [1.54, 1.807) is 0 Å². The molecule has 18 heavy (non-hydrogen) atoms. The van der Waals surface area contributed by atoms with E-state index in [1.807, 2.05) is 6.92 Å². The van der Waals surface area contributed by atoms with Crippen molar-refractivity contribution in [3.63, 3.8) is 0 Å². The van der Waals surface area contributed by atoms with Gasteiger partial charge in [0.05, 0.1) is 0 Å². The molecule has 1 aromatic rings. The molecule has 0 aliphatic heterocycles. The Labute approximate surface area is 120 Å². The number of rotatable bonds is 5. The van der Waals surface area contributed by atoms with Crippen LogP contribution in [0.2, 0.25) is 0 Å². The average Bonchev–Trinajstić information content (AvgIpc) is 2.24. The number of hydrogen-bond donors (Lipinski definition) is 1. The van der Waals surface area contributed by atoms with Crippen molar-refractivity contribution < 1.29 is 0 Å². The molecule has 0 spiro atoms. The van der Waals surface area contributed by atoms with Gasteiger partial charge in [0.1, 0.15) is 0 Å². The van der Waals surface area contributed by atoms with Gasteiger partial charge < -0.3 is 10.6 Å². The minimum Gasteiger partial charge on any atom is -0.369 e. The van der Waals surface area contributed by atoms with Crippen LogP contribution in [0.3, 0.4) is 0 Å². The van der Waals surface area contributed by atoms with Gasteiger partial charge in [0.15, 0.2) is 0 Å². The summed E-state index contributed by atoms with van der Waals surface area (Å²) in [4.78, 5) is 2.44. The van der Waals surface area contributed by atoms with Crippen LogP contribution < -0.4 is 10.6 Å². The SMILES string of the molecule is CC(C)CN(c1cc(Br)ccc1C(C)N)C(C)C. The number of nitrogens with zero attached hydrogens (tertiary/aromatic N) is 1. The van der Waals surface area contributed by atoms with Gasteiger partial charge >= 0.3 is 0 Å². The lowest BCUT2D eigenvalue weighted by molar-refractivity contribution is 0.567. The molecule has 0 bridgehead atoms. The minimum absolute atomic E-state index is 0.0570. The zero-order valence-corrected chi connectivity index (χ0v) is 13.7. The van der Waals surface area contributed by atoms with Crippen molar-refractivity contribution in [1.82, 2.24) is 0 Å². The zero-order chi connectivity index (χ0) is 13.9. The maximum atomic E-state index is 6.09. The summed E-state index contributed by atoms with van der Waals surface area (Å²) >= 11 is 3.56. The smallest absolute Gasteiger partial charge is 0.0428 e. The van der Waals surface area contributed by atoms with E-state index in [2.05, 4.69) is 66.7 Å². The molecule has 0 aliphatic carbocycles. The van der Waals surface area contributed by atoms with Gasteiger partial charge in [-0.25, -0.2) is 0 Å². The molecule has 102 valence electrons. The fourth-order valence-corrected chi connectivity index (χ4v) is 2.48. The van der Waals surface area contributed by atoms with Crippen LogP contribution in [0.1, 0.15) is 46.2 Å². The second-order valence-electron chi connectivity index (χ2n) is 5.63. The first-order valence-electron chi connectivity index (χ1n) is 6.64. The molecule has 2 nitrogen and oxygen atoms in total. The Hall–Kier alpha value is -0.540. The van der Waals surface area contributed by atoms with Crippen molar-refractivity contribution in [2.24, 2.45) is 11.7 Å². The standard InChI is InChI=1S/C15H25BrN2/c1-10(2)9-18(11(3)4)15-8-13(16)6-7-14(15)12(5)17/h6-8,10-12H,9,17H2,1-5H3. The van der Waals surface area contributed by atoms with E-state index < -0.39 is 0 Å². The summed E-state index contributed by atoms with van der Waals surface area (Å²) in [7, 11) is 0. The van der Waals surface area contributed by atoms with Crippen molar-refractivity contribution in [2.45, 2.75) is 46.7 Å². The van der Waals surface area contributed by atoms with Gasteiger partial charge in [0.2, 0.25) is 0 Å². The molecule has 1 unspecified atom stereocenters.